The van der Waals surface area contributed by atoms with Gasteiger partial charge in [0.05, 0.1) is 12.7 Å². The first kappa shape index (κ1) is 13.9. The van der Waals surface area contributed by atoms with Crippen LogP contribution in [0.5, 0.6) is 0 Å². The molecule has 86 valence electrons. The third kappa shape index (κ3) is 3.96. The molecule has 0 amide bonds. The van der Waals surface area contributed by atoms with E-state index in [0.717, 1.165) is 12.2 Å². The van der Waals surface area contributed by atoms with Gasteiger partial charge >= 0.3 is 5.97 Å². The molecule has 0 rings (SSSR count). The molecule has 0 heterocycles. The number of esters is 1. The largest absolute Gasteiger partial charge is 0.507 e. The molecule has 0 aromatic carbocycles. The van der Waals surface area contributed by atoms with E-state index >= 15 is 0 Å². The summed E-state index contributed by atoms with van der Waals surface area (Å²) in [5.41, 5.74) is -0.421. The normalized spacial score (nSPS) is 11.8. The number of aliphatic hydroxyl groups excluding tert-OH is 1. The van der Waals surface area contributed by atoms with Gasteiger partial charge in [-0.1, -0.05) is 6.92 Å². The summed E-state index contributed by atoms with van der Waals surface area (Å²) in [6, 6.07) is 1.64. The molecule has 0 aliphatic carbocycles. The van der Waals surface area contributed by atoms with E-state index < -0.39 is 23.1 Å². The Morgan fingerprint density at radius 3 is 2.50 bits per heavy atom. The second-order valence-corrected chi connectivity index (χ2v) is 2.72. The number of allylic oxidation sites excluding steroid dienone is 2. The fourth-order valence-electron chi connectivity index (χ4n) is 0.941. The van der Waals surface area contributed by atoms with Crippen LogP contribution in [0.2, 0.25) is 0 Å². The van der Waals surface area contributed by atoms with E-state index in [-0.39, 0.29) is 13.0 Å². The number of ketones is 1. The lowest BCUT2D eigenvalue weighted by molar-refractivity contribution is -0.140. The van der Waals surface area contributed by atoms with Crippen LogP contribution in [0.25, 0.3) is 0 Å². The van der Waals surface area contributed by atoms with Gasteiger partial charge in [0.1, 0.15) is 11.3 Å². The molecule has 16 heavy (non-hydrogen) atoms. The molecule has 5 nitrogen and oxygen atoms in total. The molecular formula is C11H13NO4. The maximum atomic E-state index is 11.4. The van der Waals surface area contributed by atoms with Crippen molar-refractivity contribution in [3.05, 3.63) is 23.5 Å². The summed E-state index contributed by atoms with van der Waals surface area (Å²) in [5.74, 6) is -1.96. The first-order valence-electron chi connectivity index (χ1n) is 4.78. The monoisotopic (exact) mass is 223 g/mol. The van der Waals surface area contributed by atoms with Gasteiger partial charge in [-0.2, -0.15) is 5.26 Å². The zero-order chi connectivity index (χ0) is 12.6. The number of ether oxygens (including phenoxy) is 1. The number of nitriles is 1. The van der Waals surface area contributed by atoms with E-state index in [1.54, 1.807) is 19.9 Å². The first-order chi connectivity index (χ1) is 7.58. The summed E-state index contributed by atoms with van der Waals surface area (Å²) >= 11 is 0. The van der Waals surface area contributed by atoms with Crippen molar-refractivity contribution in [3.8, 4) is 6.07 Å². The van der Waals surface area contributed by atoms with Crippen LogP contribution in [0.4, 0.5) is 0 Å². The highest BCUT2D eigenvalue weighted by atomic mass is 16.5. The van der Waals surface area contributed by atoms with Crippen molar-refractivity contribution in [2.75, 3.05) is 6.61 Å². The van der Waals surface area contributed by atoms with E-state index in [2.05, 4.69) is 4.74 Å². The van der Waals surface area contributed by atoms with E-state index in [4.69, 9.17) is 5.26 Å². The molecule has 0 bridgehead atoms. The van der Waals surface area contributed by atoms with Crippen molar-refractivity contribution in [2.24, 2.45) is 0 Å². The smallest absolute Gasteiger partial charge is 0.345 e. The Morgan fingerprint density at radius 1 is 1.44 bits per heavy atom. The first-order valence-corrected chi connectivity index (χ1v) is 4.78. The molecule has 0 atom stereocenters. The van der Waals surface area contributed by atoms with Gasteiger partial charge < -0.3 is 9.84 Å². The summed E-state index contributed by atoms with van der Waals surface area (Å²) in [4.78, 5) is 22.8. The molecule has 1 N–H and O–H groups in total. The summed E-state index contributed by atoms with van der Waals surface area (Å²) in [6.45, 7) is 3.26. The lowest BCUT2D eigenvalue weighted by atomic mass is 10.1. The third-order valence-electron chi connectivity index (χ3n) is 1.65. The topological polar surface area (TPSA) is 87.4 Å². The van der Waals surface area contributed by atoms with E-state index in [1.165, 1.54) is 0 Å². The molecule has 0 radical (unpaired) electrons. The van der Waals surface area contributed by atoms with Crippen LogP contribution in [0.3, 0.4) is 0 Å². The SMILES string of the molecule is CCOC(=O)C(C(=O)CC)=C(O)/C=C/C#N. The molecule has 0 aliphatic rings. The van der Waals surface area contributed by atoms with Gasteiger partial charge in [-0.25, -0.2) is 4.79 Å². The second kappa shape index (κ2) is 7.23. The summed E-state index contributed by atoms with van der Waals surface area (Å²) in [6.07, 6.45) is 2.02. The van der Waals surface area contributed by atoms with Gasteiger partial charge in [0, 0.05) is 12.5 Å². The molecule has 0 fully saturated rings. The van der Waals surface area contributed by atoms with Crippen LogP contribution in [-0.4, -0.2) is 23.5 Å². The average Bonchev–Trinajstić information content (AvgIpc) is 2.26. The minimum atomic E-state index is -0.880. The Kier molecular flexibility index (Phi) is 6.29. The maximum absolute atomic E-state index is 11.4. The quantitative estimate of drug-likeness (QED) is 0.145. The molecule has 0 aromatic heterocycles. The van der Waals surface area contributed by atoms with Crippen molar-refractivity contribution >= 4 is 11.8 Å². The molecule has 0 saturated heterocycles. The average molecular weight is 223 g/mol. The number of rotatable bonds is 5. The molecule has 0 aliphatic heterocycles. The number of nitrogens with zero attached hydrogens (tertiary/aromatic N) is 1. The highest BCUT2D eigenvalue weighted by molar-refractivity contribution is 6.17. The molecular weight excluding hydrogens is 210 g/mol. The van der Waals surface area contributed by atoms with Gasteiger partial charge in [0.25, 0.3) is 0 Å². The van der Waals surface area contributed by atoms with Crippen LogP contribution in [0.15, 0.2) is 23.5 Å². The number of carbonyl (C=O) groups is 2. The van der Waals surface area contributed by atoms with Gasteiger partial charge in [-0.15, -0.1) is 0 Å². The lowest BCUT2D eigenvalue weighted by Crippen LogP contribution is -2.17. The zero-order valence-electron chi connectivity index (χ0n) is 9.19. The number of aliphatic hydroxyl groups is 1. The van der Waals surface area contributed by atoms with Crippen LogP contribution in [0.1, 0.15) is 20.3 Å². The number of carbonyl (C=O) groups excluding carboxylic acids is 2. The van der Waals surface area contributed by atoms with Crippen molar-refractivity contribution in [2.45, 2.75) is 20.3 Å². The molecule has 0 unspecified atom stereocenters. The fraction of sp³-hybridized carbons (Fsp3) is 0.364. The zero-order valence-corrected chi connectivity index (χ0v) is 9.19. The lowest BCUT2D eigenvalue weighted by Gasteiger charge is -2.05. The fourth-order valence-corrected chi connectivity index (χ4v) is 0.941. The maximum Gasteiger partial charge on any atom is 0.345 e. The standard InChI is InChI=1S/C11H13NO4/c1-3-8(13)10(11(15)16-4-2)9(14)6-5-7-12/h5-6,14H,3-4H2,1-2H3/b6-5+,10-9?. The Hall–Kier alpha value is -2.09. The molecule has 0 spiro atoms. The predicted molar refractivity (Wildman–Crippen MR) is 56.3 cm³/mol. The Balaban J connectivity index is 5.23. The summed E-state index contributed by atoms with van der Waals surface area (Å²) in [7, 11) is 0. The second-order valence-electron chi connectivity index (χ2n) is 2.72. The van der Waals surface area contributed by atoms with Gasteiger partial charge in [-0.05, 0) is 13.0 Å². The van der Waals surface area contributed by atoms with Crippen molar-refractivity contribution in [3.63, 3.8) is 0 Å². The summed E-state index contributed by atoms with van der Waals surface area (Å²) in [5, 5.41) is 17.7. The highest BCUT2D eigenvalue weighted by Crippen LogP contribution is 2.09. The number of hydrogen-bond donors (Lipinski definition) is 1. The van der Waals surface area contributed by atoms with Crippen LogP contribution in [-0.2, 0) is 14.3 Å². The van der Waals surface area contributed by atoms with E-state index in [0.29, 0.717) is 0 Å². The van der Waals surface area contributed by atoms with Crippen molar-refractivity contribution < 1.29 is 19.4 Å². The van der Waals surface area contributed by atoms with Gasteiger partial charge in [0.2, 0.25) is 0 Å². The minimum Gasteiger partial charge on any atom is -0.507 e. The molecule has 0 saturated carbocycles. The minimum absolute atomic E-state index is 0.0681. The van der Waals surface area contributed by atoms with E-state index in [9.17, 15) is 14.7 Å². The Morgan fingerprint density at radius 2 is 2.06 bits per heavy atom. The van der Waals surface area contributed by atoms with Crippen LogP contribution in [0, 0.1) is 11.3 Å². The van der Waals surface area contributed by atoms with E-state index in [1.807, 2.05) is 0 Å². The Labute approximate surface area is 93.6 Å². The number of Topliss-reactive ketones (excluding diaryl/α,β-unsaturated/α-hetero) is 1. The van der Waals surface area contributed by atoms with Gasteiger partial charge in [0.15, 0.2) is 5.78 Å². The highest BCUT2D eigenvalue weighted by Gasteiger charge is 2.21. The molecule has 5 heteroatoms. The van der Waals surface area contributed by atoms with Crippen LogP contribution < -0.4 is 0 Å². The molecule has 0 aromatic rings. The Bertz CT molecular complexity index is 374. The summed E-state index contributed by atoms with van der Waals surface area (Å²) < 4.78 is 4.63. The van der Waals surface area contributed by atoms with Crippen molar-refractivity contribution in [1.82, 2.24) is 0 Å². The predicted octanol–water partition coefficient (Wildman–Crippen LogP) is 1.42. The van der Waals surface area contributed by atoms with Crippen molar-refractivity contribution in [1.29, 1.82) is 5.26 Å². The van der Waals surface area contributed by atoms with Gasteiger partial charge in [-0.3, -0.25) is 4.79 Å². The number of hydrogen-bond acceptors (Lipinski definition) is 5. The van der Waals surface area contributed by atoms with Crippen LogP contribution >= 0.6 is 0 Å². The third-order valence-corrected chi connectivity index (χ3v) is 1.65.